The van der Waals surface area contributed by atoms with Crippen molar-refractivity contribution in [2.45, 2.75) is 5.75 Å². The maximum Gasteiger partial charge on any atom is 0.261 e. The molecule has 0 aliphatic carbocycles. The van der Waals surface area contributed by atoms with Gasteiger partial charge in [-0.15, -0.1) is 23.5 Å². The zero-order valence-corrected chi connectivity index (χ0v) is 10.8. The van der Waals surface area contributed by atoms with Crippen LogP contribution in [0.4, 0.5) is 0 Å². The van der Waals surface area contributed by atoms with Crippen LogP contribution in [0.2, 0.25) is 0 Å². The summed E-state index contributed by atoms with van der Waals surface area (Å²) in [6.45, 7) is 0. The van der Waals surface area contributed by atoms with E-state index in [0.717, 1.165) is 5.56 Å². The second kappa shape index (κ2) is 6.99. The first-order chi connectivity index (χ1) is 8.19. The molecule has 0 saturated heterocycles. The Morgan fingerprint density at radius 2 is 2.18 bits per heavy atom. The highest BCUT2D eigenvalue weighted by atomic mass is 32.2. The van der Waals surface area contributed by atoms with E-state index in [1.807, 2.05) is 24.5 Å². The van der Waals surface area contributed by atoms with E-state index in [1.54, 1.807) is 12.4 Å². The predicted octanol–water partition coefficient (Wildman–Crippen LogP) is 1.90. The van der Waals surface area contributed by atoms with Crippen molar-refractivity contribution in [3.8, 4) is 6.07 Å². The summed E-state index contributed by atoms with van der Waals surface area (Å²) in [7, 11) is 0. The van der Waals surface area contributed by atoms with E-state index in [9.17, 15) is 4.79 Å². The average molecular weight is 265 g/mol. The summed E-state index contributed by atoms with van der Waals surface area (Å²) in [6.07, 6.45) is 5.23. The molecule has 0 unspecified atom stereocenters. The molecule has 88 valence electrons. The van der Waals surface area contributed by atoms with Crippen molar-refractivity contribution < 1.29 is 4.79 Å². The zero-order valence-electron chi connectivity index (χ0n) is 9.21. The molecular formula is C11H11N3OS2. The number of carbonyl (C=O) groups excluding carboxylic acids is 1. The van der Waals surface area contributed by atoms with Crippen LogP contribution in [-0.2, 0) is 10.5 Å². The van der Waals surface area contributed by atoms with Gasteiger partial charge in [0.05, 0.1) is 4.24 Å². The largest absolute Gasteiger partial charge is 0.365 e. The fourth-order valence-electron chi connectivity index (χ4n) is 1.06. The quantitative estimate of drug-likeness (QED) is 0.649. The van der Waals surface area contributed by atoms with E-state index in [2.05, 4.69) is 4.98 Å². The lowest BCUT2D eigenvalue weighted by Gasteiger charge is -2.05. The van der Waals surface area contributed by atoms with Gasteiger partial charge in [0.25, 0.3) is 5.91 Å². The Bertz CT molecular complexity index is 465. The molecule has 0 aliphatic rings. The summed E-state index contributed by atoms with van der Waals surface area (Å²) in [5.74, 6) is -0.00368. The lowest BCUT2D eigenvalue weighted by Crippen LogP contribution is -2.13. The van der Waals surface area contributed by atoms with Crippen LogP contribution in [0.1, 0.15) is 5.56 Å². The average Bonchev–Trinajstić information content (AvgIpc) is 2.35. The number of primary amides is 1. The lowest BCUT2D eigenvalue weighted by atomic mass is 10.3. The van der Waals surface area contributed by atoms with Crippen LogP contribution < -0.4 is 5.73 Å². The number of nitriles is 1. The van der Waals surface area contributed by atoms with Gasteiger partial charge in [-0.25, -0.2) is 0 Å². The summed E-state index contributed by atoms with van der Waals surface area (Å²) in [6, 6.07) is 5.62. The molecule has 4 nitrogen and oxygen atoms in total. The summed E-state index contributed by atoms with van der Waals surface area (Å²) in [4.78, 5) is 15.0. The second-order valence-corrected chi connectivity index (χ2v) is 5.05. The smallest absolute Gasteiger partial charge is 0.261 e. The van der Waals surface area contributed by atoms with Crippen LogP contribution >= 0.6 is 23.5 Å². The van der Waals surface area contributed by atoms with E-state index < -0.39 is 5.91 Å². The molecule has 6 heteroatoms. The minimum Gasteiger partial charge on any atom is -0.365 e. The van der Waals surface area contributed by atoms with Gasteiger partial charge in [0.15, 0.2) is 0 Å². The third kappa shape index (κ3) is 4.13. The third-order valence-electron chi connectivity index (χ3n) is 1.87. The molecule has 0 spiro atoms. The number of aromatic nitrogens is 1. The third-order valence-corrected chi connectivity index (χ3v) is 4.24. The van der Waals surface area contributed by atoms with Gasteiger partial charge in [-0.1, -0.05) is 0 Å². The number of amides is 1. The Morgan fingerprint density at radius 1 is 1.53 bits per heavy atom. The number of rotatable bonds is 5. The Kier molecular flexibility index (Phi) is 5.60. The highest BCUT2D eigenvalue weighted by Crippen LogP contribution is 2.32. The Morgan fingerprint density at radius 3 is 2.65 bits per heavy atom. The van der Waals surface area contributed by atoms with Crippen molar-refractivity contribution >= 4 is 29.4 Å². The summed E-state index contributed by atoms with van der Waals surface area (Å²) in [5, 5.41) is 8.85. The highest BCUT2D eigenvalue weighted by Gasteiger charge is 2.12. The molecule has 2 N–H and O–H groups in total. The van der Waals surface area contributed by atoms with E-state index in [1.165, 1.54) is 23.5 Å². The fourth-order valence-corrected chi connectivity index (χ4v) is 2.84. The Balaban J connectivity index is 2.78. The molecule has 0 saturated carbocycles. The minimum atomic E-state index is -0.681. The number of hydrogen-bond acceptors (Lipinski definition) is 5. The van der Waals surface area contributed by atoms with Gasteiger partial charge in [0.1, 0.15) is 11.6 Å². The van der Waals surface area contributed by atoms with Crippen LogP contribution in [-0.4, -0.2) is 17.1 Å². The van der Waals surface area contributed by atoms with Crippen molar-refractivity contribution in [1.82, 2.24) is 4.98 Å². The Labute approximate surface area is 108 Å². The van der Waals surface area contributed by atoms with Gasteiger partial charge in [-0.05, 0) is 24.0 Å². The molecule has 1 aromatic heterocycles. The van der Waals surface area contributed by atoms with Gasteiger partial charge < -0.3 is 5.73 Å². The van der Waals surface area contributed by atoms with Gasteiger partial charge in [0.2, 0.25) is 0 Å². The second-order valence-electron chi connectivity index (χ2n) is 2.99. The van der Waals surface area contributed by atoms with Crippen molar-refractivity contribution in [2.75, 3.05) is 6.26 Å². The molecular weight excluding hydrogens is 254 g/mol. The maximum atomic E-state index is 11.0. The first-order valence-electron chi connectivity index (χ1n) is 4.69. The van der Waals surface area contributed by atoms with Crippen LogP contribution in [0.5, 0.6) is 0 Å². The molecule has 1 rings (SSSR count). The van der Waals surface area contributed by atoms with Gasteiger partial charge in [-0.2, -0.15) is 5.26 Å². The SMILES string of the molecule is CSC(SCc1ccncc1)=C(C#N)C(N)=O. The van der Waals surface area contributed by atoms with Gasteiger partial charge in [0, 0.05) is 18.1 Å². The fraction of sp³-hybridized carbons (Fsp3) is 0.182. The van der Waals surface area contributed by atoms with E-state index in [4.69, 9.17) is 11.0 Å². The molecule has 0 aromatic carbocycles. The monoisotopic (exact) mass is 265 g/mol. The van der Waals surface area contributed by atoms with Crippen molar-refractivity contribution in [3.05, 3.63) is 39.9 Å². The summed E-state index contributed by atoms with van der Waals surface area (Å²) in [5.41, 5.74) is 6.24. The van der Waals surface area contributed by atoms with Crippen molar-refractivity contribution in [1.29, 1.82) is 5.26 Å². The number of thioether (sulfide) groups is 2. The lowest BCUT2D eigenvalue weighted by molar-refractivity contribution is -0.114. The molecule has 17 heavy (non-hydrogen) atoms. The standard InChI is InChI=1S/C11H11N3OS2/c1-16-11(9(6-12)10(13)15)17-7-8-2-4-14-5-3-8/h2-5H,7H2,1H3,(H2,13,15). The van der Waals surface area contributed by atoms with Crippen molar-refractivity contribution in [3.63, 3.8) is 0 Å². The normalized spacial score (nSPS) is 11.5. The first-order valence-corrected chi connectivity index (χ1v) is 6.90. The Hall–Kier alpha value is -1.45. The zero-order chi connectivity index (χ0) is 12.7. The number of carbonyl (C=O) groups is 1. The van der Waals surface area contributed by atoms with E-state index in [-0.39, 0.29) is 5.57 Å². The molecule has 0 aliphatic heterocycles. The molecule has 1 aromatic rings. The molecule has 0 radical (unpaired) electrons. The predicted molar refractivity (Wildman–Crippen MR) is 70.9 cm³/mol. The maximum absolute atomic E-state index is 11.0. The number of hydrogen-bond donors (Lipinski definition) is 1. The molecule has 0 atom stereocenters. The summed E-state index contributed by atoms with van der Waals surface area (Å²) >= 11 is 2.78. The number of nitrogens with two attached hydrogens (primary N) is 1. The van der Waals surface area contributed by atoms with Crippen LogP contribution in [0.25, 0.3) is 0 Å². The van der Waals surface area contributed by atoms with Crippen LogP contribution in [0.3, 0.4) is 0 Å². The van der Waals surface area contributed by atoms with Crippen LogP contribution in [0, 0.1) is 11.3 Å². The van der Waals surface area contributed by atoms with E-state index in [0.29, 0.717) is 9.99 Å². The van der Waals surface area contributed by atoms with E-state index >= 15 is 0 Å². The minimum absolute atomic E-state index is 0.0246. The van der Waals surface area contributed by atoms with Gasteiger partial charge in [-0.3, -0.25) is 9.78 Å². The molecule has 1 amide bonds. The highest BCUT2D eigenvalue weighted by molar-refractivity contribution is 8.21. The molecule has 0 bridgehead atoms. The van der Waals surface area contributed by atoms with Crippen molar-refractivity contribution in [2.24, 2.45) is 5.73 Å². The topological polar surface area (TPSA) is 79.8 Å². The number of nitrogens with zero attached hydrogens (tertiary/aromatic N) is 2. The molecule has 1 heterocycles. The van der Waals surface area contributed by atoms with Gasteiger partial charge >= 0.3 is 0 Å². The summed E-state index contributed by atoms with van der Waals surface area (Å²) < 4.78 is 0.650. The molecule has 0 fully saturated rings. The van der Waals surface area contributed by atoms with Crippen LogP contribution in [0.15, 0.2) is 34.3 Å². The number of pyridine rings is 1. The first kappa shape index (κ1) is 13.6.